The Morgan fingerprint density at radius 3 is 2.28 bits per heavy atom. The van der Waals surface area contributed by atoms with E-state index >= 15 is 0 Å². The second-order valence-electron chi connectivity index (χ2n) is 7.69. The second kappa shape index (κ2) is 11.4. The van der Waals surface area contributed by atoms with Gasteiger partial charge in [-0.25, -0.2) is 10.2 Å². The fourth-order valence-corrected chi connectivity index (χ4v) is 3.41. The van der Waals surface area contributed by atoms with E-state index in [1.54, 1.807) is 54.6 Å². The fourth-order valence-electron chi connectivity index (χ4n) is 3.41. The van der Waals surface area contributed by atoms with Gasteiger partial charge in [-0.05, 0) is 70.9 Å². The van der Waals surface area contributed by atoms with E-state index < -0.39 is 11.9 Å². The van der Waals surface area contributed by atoms with Crippen LogP contribution in [-0.4, -0.2) is 37.7 Å². The lowest BCUT2D eigenvalue weighted by molar-refractivity contribution is -0.120. The third-order valence-corrected chi connectivity index (χ3v) is 5.26. The quantitative estimate of drug-likeness (QED) is 0.172. The number of hydrogen-bond acceptors (Lipinski definition) is 6. The number of nitrogens with zero attached hydrogens (tertiary/aromatic N) is 1. The van der Waals surface area contributed by atoms with Crippen LogP contribution in [0.4, 0.5) is 0 Å². The molecule has 0 aliphatic heterocycles. The normalized spacial score (nSPS) is 10.7. The standard InChI is InChI=1S/C28H23N3O5/c1-35-22-15-11-21(12-16-22)27(33)29-18-26(32)31-30-17-19-9-13-23(14-10-19)36-28(34)25-8-4-6-20-5-2-3-7-24(20)25/h2-17H,18H2,1H3,(H,29,33)(H,31,32)/b30-17-. The monoisotopic (exact) mass is 481 g/mol. The van der Waals surface area contributed by atoms with Gasteiger partial charge in [0.05, 0.1) is 25.4 Å². The number of amides is 2. The smallest absolute Gasteiger partial charge is 0.344 e. The van der Waals surface area contributed by atoms with Gasteiger partial charge in [0.25, 0.3) is 11.8 Å². The highest BCUT2D eigenvalue weighted by Crippen LogP contribution is 2.21. The molecule has 0 aliphatic rings. The van der Waals surface area contributed by atoms with Gasteiger partial charge in [0.2, 0.25) is 0 Å². The largest absolute Gasteiger partial charge is 0.497 e. The summed E-state index contributed by atoms with van der Waals surface area (Å²) in [5.74, 6) is -0.290. The zero-order valence-corrected chi connectivity index (χ0v) is 19.4. The highest BCUT2D eigenvalue weighted by atomic mass is 16.5. The van der Waals surface area contributed by atoms with Crippen LogP contribution in [-0.2, 0) is 4.79 Å². The molecule has 0 saturated carbocycles. The van der Waals surface area contributed by atoms with Gasteiger partial charge in [0.1, 0.15) is 11.5 Å². The van der Waals surface area contributed by atoms with Gasteiger partial charge in [-0.2, -0.15) is 5.10 Å². The summed E-state index contributed by atoms with van der Waals surface area (Å²) in [6, 6.07) is 26.3. The average Bonchev–Trinajstić information content (AvgIpc) is 2.92. The first-order valence-corrected chi connectivity index (χ1v) is 11.1. The Balaban J connectivity index is 1.26. The minimum Gasteiger partial charge on any atom is -0.497 e. The van der Waals surface area contributed by atoms with Gasteiger partial charge in [-0.15, -0.1) is 0 Å². The Labute approximate surface area is 207 Å². The molecule has 0 heterocycles. The molecule has 0 aromatic heterocycles. The number of carbonyl (C=O) groups excluding carboxylic acids is 3. The van der Waals surface area contributed by atoms with Crippen molar-refractivity contribution in [1.29, 1.82) is 0 Å². The lowest BCUT2D eigenvalue weighted by Crippen LogP contribution is -2.34. The summed E-state index contributed by atoms with van der Waals surface area (Å²) in [4.78, 5) is 36.7. The highest BCUT2D eigenvalue weighted by Gasteiger charge is 2.12. The number of ether oxygens (including phenoxy) is 2. The Kier molecular flexibility index (Phi) is 7.67. The van der Waals surface area contributed by atoms with Crippen molar-refractivity contribution in [2.75, 3.05) is 13.7 Å². The molecule has 0 unspecified atom stereocenters. The zero-order valence-electron chi connectivity index (χ0n) is 19.4. The van der Waals surface area contributed by atoms with Gasteiger partial charge in [0, 0.05) is 5.56 Å². The minimum absolute atomic E-state index is 0.231. The number of hydrogen-bond donors (Lipinski definition) is 2. The van der Waals surface area contributed by atoms with E-state index in [4.69, 9.17) is 9.47 Å². The van der Waals surface area contributed by atoms with E-state index in [2.05, 4.69) is 15.8 Å². The number of esters is 1. The van der Waals surface area contributed by atoms with Crippen LogP contribution in [0.15, 0.2) is 96.1 Å². The summed E-state index contributed by atoms with van der Waals surface area (Å²) in [5.41, 5.74) is 3.93. The fraction of sp³-hybridized carbons (Fsp3) is 0.0714. The topological polar surface area (TPSA) is 106 Å². The van der Waals surface area contributed by atoms with Crippen molar-refractivity contribution < 1.29 is 23.9 Å². The molecule has 2 amide bonds. The molecule has 0 spiro atoms. The molecule has 0 radical (unpaired) electrons. The molecule has 180 valence electrons. The van der Waals surface area contributed by atoms with Gasteiger partial charge in [-0.1, -0.05) is 36.4 Å². The van der Waals surface area contributed by atoms with Crippen molar-refractivity contribution in [2.24, 2.45) is 5.10 Å². The van der Waals surface area contributed by atoms with Crippen molar-refractivity contribution in [3.05, 3.63) is 108 Å². The first-order valence-electron chi connectivity index (χ1n) is 11.1. The van der Waals surface area contributed by atoms with Crippen LogP contribution in [0.2, 0.25) is 0 Å². The summed E-state index contributed by atoms with van der Waals surface area (Å²) >= 11 is 0. The second-order valence-corrected chi connectivity index (χ2v) is 7.69. The first-order chi connectivity index (χ1) is 17.5. The minimum atomic E-state index is -0.478. The Hall–Kier alpha value is -4.98. The van der Waals surface area contributed by atoms with Crippen LogP contribution >= 0.6 is 0 Å². The third kappa shape index (κ3) is 6.12. The lowest BCUT2D eigenvalue weighted by atomic mass is 10.0. The SMILES string of the molecule is COc1ccc(C(=O)NCC(=O)N/N=C\c2ccc(OC(=O)c3cccc4ccccc34)cc2)cc1. The van der Waals surface area contributed by atoms with E-state index in [1.807, 2.05) is 36.4 Å². The summed E-state index contributed by atoms with van der Waals surface area (Å²) in [5, 5.41) is 8.19. The molecular weight excluding hydrogens is 458 g/mol. The molecule has 0 atom stereocenters. The predicted octanol–water partition coefficient (Wildman–Crippen LogP) is 3.95. The van der Waals surface area contributed by atoms with Gasteiger partial charge in [0.15, 0.2) is 0 Å². The summed E-state index contributed by atoms with van der Waals surface area (Å²) < 4.78 is 10.6. The van der Waals surface area contributed by atoms with Crippen molar-refractivity contribution in [1.82, 2.24) is 10.7 Å². The first kappa shape index (κ1) is 24.2. The predicted molar refractivity (Wildman–Crippen MR) is 136 cm³/mol. The average molecular weight is 482 g/mol. The van der Waals surface area contributed by atoms with E-state index in [1.165, 1.54) is 13.3 Å². The van der Waals surface area contributed by atoms with E-state index in [0.717, 1.165) is 10.8 Å². The highest BCUT2D eigenvalue weighted by molar-refractivity contribution is 6.05. The molecule has 0 aliphatic carbocycles. The van der Waals surface area contributed by atoms with Crippen molar-refractivity contribution in [3.63, 3.8) is 0 Å². The number of methoxy groups -OCH3 is 1. The Morgan fingerprint density at radius 1 is 0.833 bits per heavy atom. The summed E-state index contributed by atoms with van der Waals surface area (Å²) in [7, 11) is 1.54. The van der Waals surface area contributed by atoms with Gasteiger partial charge in [-0.3, -0.25) is 9.59 Å². The maximum Gasteiger partial charge on any atom is 0.344 e. The number of carbonyl (C=O) groups is 3. The summed E-state index contributed by atoms with van der Waals surface area (Å²) in [6.45, 7) is -0.231. The molecule has 4 rings (SSSR count). The summed E-state index contributed by atoms with van der Waals surface area (Å²) in [6.07, 6.45) is 1.44. The van der Waals surface area contributed by atoms with Gasteiger partial charge >= 0.3 is 5.97 Å². The zero-order chi connectivity index (χ0) is 25.3. The molecule has 4 aromatic carbocycles. The molecular formula is C28H23N3O5. The van der Waals surface area contributed by atoms with Crippen molar-refractivity contribution in [2.45, 2.75) is 0 Å². The van der Waals surface area contributed by atoms with Crippen LogP contribution in [0.3, 0.4) is 0 Å². The van der Waals surface area contributed by atoms with Gasteiger partial charge < -0.3 is 14.8 Å². The van der Waals surface area contributed by atoms with Crippen LogP contribution < -0.4 is 20.2 Å². The van der Waals surface area contributed by atoms with E-state index in [-0.39, 0.29) is 12.5 Å². The molecule has 0 fully saturated rings. The number of fused-ring (bicyclic) bond motifs is 1. The van der Waals surface area contributed by atoms with E-state index in [0.29, 0.717) is 28.2 Å². The molecule has 36 heavy (non-hydrogen) atoms. The molecule has 4 aromatic rings. The maximum absolute atomic E-state index is 12.7. The van der Waals surface area contributed by atoms with E-state index in [9.17, 15) is 14.4 Å². The molecule has 2 N–H and O–H groups in total. The maximum atomic E-state index is 12.7. The third-order valence-electron chi connectivity index (χ3n) is 5.26. The number of rotatable bonds is 8. The molecule has 0 saturated heterocycles. The van der Waals surface area contributed by atoms with Crippen LogP contribution in [0, 0.1) is 0 Å². The Bertz CT molecular complexity index is 1410. The van der Waals surface area contributed by atoms with Crippen molar-refractivity contribution >= 4 is 34.8 Å². The van der Waals surface area contributed by atoms with Crippen LogP contribution in [0.5, 0.6) is 11.5 Å². The van der Waals surface area contributed by atoms with Crippen LogP contribution in [0.25, 0.3) is 10.8 Å². The molecule has 8 heteroatoms. The van der Waals surface area contributed by atoms with Crippen LogP contribution in [0.1, 0.15) is 26.3 Å². The number of nitrogens with one attached hydrogen (secondary N) is 2. The molecule has 8 nitrogen and oxygen atoms in total. The lowest BCUT2D eigenvalue weighted by Gasteiger charge is -2.07. The number of hydrazone groups is 1. The molecule has 0 bridgehead atoms. The Morgan fingerprint density at radius 2 is 1.53 bits per heavy atom. The number of benzene rings is 4. The van der Waals surface area contributed by atoms with Crippen molar-refractivity contribution in [3.8, 4) is 11.5 Å².